The third-order valence-electron chi connectivity index (χ3n) is 13.2. The lowest BCUT2D eigenvalue weighted by molar-refractivity contribution is 0.103. The van der Waals surface area contributed by atoms with E-state index < -0.39 is 5.60 Å². The number of benzene rings is 6. The molecular weight excluding hydrogens is 1280 g/mol. The molecule has 0 amide bonds. The van der Waals surface area contributed by atoms with Gasteiger partial charge in [0.1, 0.15) is 0 Å². The topological polar surface area (TPSA) is 117 Å². The highest BCUT2D eigenvalue weighted by Crippen LogP contribution is 2.42. The zero-order valence-corrected chi connectivity index (χ0v) is 71.9. The van der Waals surface area contributed by atoms with Crippen molar-refractivity contribution in [3.63, 3.8) is 0 Å². The van der Waals surface area contributed by atoms with Crippen LogP contribution in [0.1, 0.15) is 257 Å². The number of rotatable bonds is 9. The van der Waals surface area contributed by atoms with Crippen molar-refractivity contribution in [2.24, 2.45) is 28.2 Å². The fourth-order valence-corrected chi connectivity index (χ4v) is 10.8. The van der Waals surface area contributed by atoms with Crippen molar-refractivity contribution >= 4 is 51.1 Å². The van der Waals surface area contributed by atoms with Crippen molar-refractivity contribution in [1.82, 2.24) is 28.2 Å². The fraction of sp³-hybridized carbons (Fsp3) is 0.449. The van der Waals surface area contributed by atoms with Crippen LogP contribution in [0, 0.1) is 27.7 Å². The Hall–Kier alpha value is -7.51. The number of imidazole rings is 2. The Morgan fingerprint density at radius 3 is 1.06 bits per heavy atom. The van der Waals surface area contributed by atoms with E-state index in [2.05, 4.69) is 4.98 Å². The number of hydrogen-bond donors (Lipinski definition) is 1. The number of pyridine rings is 2. The first-order valence-electron chi connectivity index (χ1n) is 37.5. The molecule has 1 atom stereocenters. The number of thioether (sulfide) groups is 2. The molecule has 0 saturated carbocycles. The second-order valence-electron chi connectivity index (χ2n) is 17.8. The molecule has 0 aliphatic rings. The minimum absolute atomic E-state index is 0. The van der Waals surface area contributed by atoms with Crippen LogP contribution in [0.25, 0.3) is 44.1 Å². The van der Waals surface area contributed by atoms with Crippen LogP contribution in [0.5, 0.6) is 0 Å². The summed E-state index contributed by atoms with van der Waals surface area (Å²) in [7, 11) is 7.52. The van der Waals surface area contributed by atoms with Gasteiger partial charge >= 0.3 is 0 Å². The maximum atomic E-state index is 13.1. The van der Waals surface area contributed by atoms with Crippen LogP contribution >= 0.6 is 23.5 Å². The molecule has 1 N–H and O–H groups in total. The number of carbonyl (C=O) groups is 1. The van der Waals surface area contributed by atoms with E-state index >= 15 is 0 Å². The summed E-state index contributed by atoms with van der Waals surface area (Å²) < 4.78 is 7.33. The number of carbonyl (C=O) groups excluding carboxylic acids is 1. The summed E-state index contributed by atoms with van der Waals surface area (Å²) in [5.41, 5.74) is 10.5. The van der Waals surface area contributed by atoms with E-state index in [4.69, 9.17) is 4.98 Å². The van der Waals surface area contributed by atoms with Crippen LogP contribution in [0.2, 0.25) is 0 Å². The second-order valence-corrected chi connectivity index (χ2v) is 19.3. The Labute approximate surface area is 628 Å². The average Bonchev–Trinajstić information content (AvgIpc) is 1.72. The Kier molecular flexibility index (Phi) is 72.6. The van der Waals surface area contributed by atoms with Crippen LogP contribution in [-0.4, -0.2) is 51.6 Å². The molecule has 568 valence electrons. The van der Waals surface area contributed by atoms with Gasteiger partial charge in [-0.1, -0.05) is 352 Å². The Morgan fingerprint density at radius 1 is 0.396 bits per heavy atom. The molecule has 0 fully saturated rings. The molecule has 0 aliphatic heterocycles. The van der Waals surface area contributed by atoms with Crippen LogP contribution in [0.15, 0.2) is 184 Å². The van der Waals surface area contributed by atoms with E-state index in [9.17, 15) is 19.5 Å². The smallest absolute Gasteiger partial charge is 0.254 e. The monoisotopic (exact) mass is 1430 g/mol. The quantitative estimate of drug-likeness (QED) is 0.112. The molecule has 10 aromatic rings. The average molecular weight is 1430 g/mol. The van der Waals surface area contributed by atoms with Crippen molar-refractivity contribution < 1.29 is 9.90 Å². The van der Waals surface area contributed by atoms with Crippen molar-refractivity contribution in [2.45, 2.75) is 245 Å². The van der Waals surface area contributed by atoms with Gasteiger partial charge in [0.15, 0.2) is 21.7 Å². The van der Waals surface area contributed by atoms with Crippen LogP contribution in [-0.2, 0) is 33.8 Å². The lowest BCUT2D eigenvalue weighted by Gasteiger charge is -2.31. The Bertz CT molecular complexity index is 3720. The highest BCUT2D eigenvalue weighted by atomic mass is 32.2. The number of aliphatic hydroxyl groups is 1. The molecule has 4 heterocycles. The maximum absolute atomic E-state index is 13.1. The van der Waals surface area contributed by atoms with Crippen molar-refractivity contribution in [3.05, 3.63) is 235 Å². The van der Waals surface area contributed by atoms with Gasteiger partial charge in [-0.3, -0.25) is 14.4 Å². The SMILES string of the molecule is C.CC.CC.CC.CC.CC.CC.CC.CC.CC.CC.CC.CC.CC.CC.CSc1nc(C)c(C(O)(c2ccccc2)c2ccc3c(c2)c(-c2ccccc2)c(C)c(=O)n3C)n1C.CSc1nc(C)cn1C.Cc1c(-c2ccccc2)c2cc(C(=O)c3ccccc3)ccc2n(C)c1=O. The van der Waals surface area contributed by atoms with Gasteiger partial charge in [0.05, 0.1) is 28.1 Å². The van der Waals surface area contributed by atoms with Gasteiger partial charge in [-0.15, -0.1) is 0 Å². The zero-order valence-electron chi connectivity index (χ0n) is 70.3. The number of aryl methyl sites for hydroxylation is 5. The molecular formula is C89H146N6O4S2. The lowest BCUT2D eigenvalue weighted by atomic mass is 9.81. The number of aromatic nitrogens is 6. The van der Waals surface area contributed by atoms with Crippen LogP contribution < -0.4 is 11.1 Å². The summed E-state index contributed by atoms with van der Waals surface area (Å²) in [6.45, 7) is 63.7. The van der Waals surface area contributed by atoms with Gasteiger partial charge in [0.25, 0.3) is 11.1 Å². The molecule has 101 heavy (non-hydrogen) atoms. The van der Waals surface area contributed by atoms with E-state index in [0.29, 0.717) is 22.3 Å². The first kappa shape index (κ1) is 109. The fourth-order valence-electron chi connectivity index (χ4n) is 9.67. The normalized spacial score (nSPS) is 9.34. The molecule has 10 nitrogen and oxygen atoms in total. The minimum atomic E-state index is -1.45. The summed E-state index contributed by atoms with van der Waals surface area (Å²) in [5.74, 6) is -0.0250. The molecule has 4 aromatic heterocycles. The van der Waals surface area contributed by atoms with E-state index in [1.54, 1.807) is 52.8 Å². The molecule has 0 saturated heterocycles. The van der Waals surface area contributed by atoms with E-state index in [0.717, 1.165) is 82.6 Å². The summed E-state index contributed by atoms with van der Waals surface area (Å²) in [4.78, 5) is 47.7. The highest BCUT2D eigenvalue weighted by Gasteiger charge is 2.39. The number of ketones is 1. The van der Waals surface area contributed by atoms with Gasteiger partial charge in [-0.05, 0) is 104 Å². The Balaban J connectivity index is -0.000000195. The van der Waals surface area contributed by atoms with Crippen molar-refractivity contribution in [3.8, 4) is 22.3 Å². The summed E-state index contributed by atoms with van der Waals surface area (Å²) in [5, 5.41) is 16.4. The standard InChI is InChI=1S/C30H29N3O2S.C24H19NO2.C6H10N2S.14C2H6.CH4/c1-19-26(21-12-8-6-9-13-21)24-18-23(16-17-25(24)32(3)28(19)34)30(35,22-14-10-7-11-15-22)27-20(2)31-29(36-5)33(27)4;1-16-22(17-9-5-3-6-10-17)20-15-19(13-14-21(20)25(2)24(16)27)23(26)18-11-7-4-8-12-18;1-5-4-8(2)6(7-5)9-3;14*1-2;/h6-18,35H,1-5H3;3-15H,1-2H3;4H,1-3H3;14*1-2H3;1H4. The predicted octanol–water partition coefficient (Wildman–Crippen LogP) is 26.8. The molecule has 0 bridgehead atoms. The molecule has 10 rings (SSSR count). The number of hydrogen-bond acceptors (Lipinski definition) is 8. The van der Waals surface area contributed by atoms with Crippen LogP contribution in [0.3, 0.4) is 0 Å². The highest BCUT2D eigenvalue weighted by molar-refractivity contribution is 7.98. The largest absolute Gasteiger partial charge is 0.374 e. The van der Waals surface area contributed by atoms with E-state index in [-0.39, 0.29) is 24.3 Å². The van der Waals surface area contributed by atoms with Crippen LogP contribution in [0.4, 0.5) is 0 Å². The Morgan fingerprint density at radius 2 is 0.733 bits per heavy atom. The van der Waals surface area contributed by atoms with Gasteiger partial charge in [0, 0.05) is 67.4 Å². The summed E-state index contributed by atoms with van der Waals surface area (Å²) in [6.07, 6.45) is 6.03. The molecule has 0 aliphatic carbocycles. The first-order valence-corrected chi connectivity index (χ1v) is 39.9. The predicted molar refractivity (Wildman–Crippen MR) is 462 cm³/mol. The molecule has 6 aromatic carbocycles. The summed E-state index contributed by atoms with van der Waals surface area (Å²) >= 11 is 3.22. The van der Waals surface area contributed by atoms with E-state index in [1.165, 1.54) is 0 Å². The van der Waals surface area contributed by atoms with E-state index in [1.807, 2.05) is 415 Å². The maximum Gasteiger partial charge on any atom is 0.254 e. The summed E-state index contributed by atoms with van der Waals surface area (Å²) in [6, 6.07) is 50.2. The number of fused-ring (bicyclic) bond motifs is 2. The minimum Gasteiger partial charge on any atom is -0.374 e. The zero-order chi connectivity index (χ0) is 79.4. The third-order valence-corrected chi connectivity index (χ3v) is 14.7. The van der Waals surface area contributed by atoms with Crippen molar-refractivity contribution in [1.29, 1.82) is 0 Å². The van der Waals surface area contributed by atoms with Crippen molar-refractivity contribution in [2.75, 3.05) is 12.5 Å². The van der Waals surface area contributed by atoms with Gasteiger partial charge in [-0.2, -0.15) is 0 Å². The second kappa shape index (κ2) is 67.0. The number of nitrogens with zero attached hydrogens (tertiary/aromatic N) is 6. The molecule has 0 radical (unpaired) electrons. The molecule has 12 heteroatoms. The molecule has 0 spiro atoms. The van der Waals surface area contributed by atoms with Gasteiger partial charge in [0.2, 0.25) is 0 Å². The lowest BCUT2D eigenvalue weighted by Crippen LogP contribution is -2.32. The first-order chi connectivity index (χ1) is 48.6. The van der Waals surface area contributed by atoms with Gasteiger partial charge in [-0.25, -0.2) is 9.97 Å². The third kappa shape index (κ3) is 30.9. The van der Waals surface area contributed by atoms with Gasteiger partial charge < -0.3 is 23.4 Å². The molecule has 1 unspecified atom stereocenters.